The van der Waals surface area contributed by atoms with Gasteiger partial charge in [-0.05, 0) is 71.1 Å². The molecule has 3 heteroatoms. The van der Waals surface area contributed by atoms with Gasteiger partial charge in [-0.2, -0.15) is 0 Å². The number of rotatable bonds is 7. The van der Waals surface area contributed by atoms with E-state index >= 15 is 0 Å². The molecule has 0 aromatic carbocycles. The summed E-state index contributed by atoms with van der Waals surface area (Å²) in [5.74, 6) is 0.853. The second-order valence-electron chi connectivity index (χ2n) is 6.82. The molecule has 2 saturated heterocycles. The Kier molecular flexibility index (Phi) is 6.79. The maximum absolute atomic E-state index is 3.85. The lowest BCUT2D eigenvalue weighted by atomic mass is 9.91. The quantitative estimate of drug-likeness (QED) is 0.774. The SMILES string of the molecule is CCCN1CCCC(C(C)NCC2CCCN2CC)C1. The summed E-state index contributed by atoms with van der Waals surface area (Å²) in [6, 6.07) is 1.46. The minimum Gasteiger partial charge on any atom is -0.312 e. The van der Waals surface area contributed by atoms with Gasteiger partial charge in [0.1, 0.15) is 0 Å². The topological polar surface area (TPSA) is 18.5 Å². The monoisotopic (exact) mass is 281 g/mol. The van der Waals surface area contributed by atoms with Crippen molar-refractivity contribution in [3.63, 3.8) is 0 Å². The number of piperidine rings is 1. The third kappa shape index (κ3) is 4.44. The van der Waals surface area contributed by atoms with Crippen LogP contribution in [-0.2, 0) is 0 Å². The number of hydrogen-bond acceptors (Lipinski definition) is 3. The van der Waals surface area contributed by atoms with Crippen LogP contribution in [0.15, 0.2) is 0 Å². The minimum absolute atomic E-state index is 0.675. The van der Waals surface area contributed by atoms with Crippen LogP contribution < -0.4 is 5.32 Å². The van der Waals surface area contributed by atoms with Gasteiger partial charge in [-0.25, -0.2) is 0 Å². The van der Waals surface area contributed by atoms with Gasteiger partial charge in [-0.3, -0.25) is 4.90 Å². The highest BCUT2D eigenvalue weighted by atomic mass is 15.2. The molecule has 0 saturated carbocycles. The molecule has 0 spiro atoms. The summed E-state index contributed by atoms with van der Waals surface area (Å²) >= 11 is 0. The van der Waals surface area contributed by atoms with Crippen molar-refractivity contribution in [3.8, 4) is 0 Å². The summed E-state index contributed by atoms with van der Waals surface area (Å²) in [6.45, 7) is 14.6. The van der Waals surface area contributed by atoms with Crippen molar-refractivity contribution < 1.29 is 0 Å². The summed E-state index contributed by atoms with van der Waals surface area (Å²) in [7, 11) is 0. The standard InChI is InChI=1S/C17H35N3/c1-4-10-19-11-6-8-16(14-19)15(3)18-13-17-9-7-12-20(17)5-2/h15-18H,4-14H2,1-3H3. The van der Waals surface area contributed by atoms with Crippen LogP contribution in [0.5, 0.6) is 0 Å². The van der Waals surface area contributed by atoms with E-state index in [1.165, 1.54) is 71.4 Å². The molecule has 2 rings (SSSR count). The summed E-state index contributed by atoms with van der Waals surface area (Å²) < 4.78 is 0. The van der Waals surface area contributed by atoms with Crippen LogP contribution in [0.4, 0.5) is 0 Å². The number of likely N-dealkylation sites (N-methyl/N-ethyl adjacent to an activating group) is 1. The predicted molar refractivity (Wildman–Crippen MR) is 87.2 cm³/mol. The highest BCUT2D eigenvalue weighted by Gasteiger charge is 2.27. The predicted octanol–water partition coefficient (Wildman–Crippen LogP) is 2.57. The van der Waals surface area contributed by atoms with E-state index in [0.29, 0.717) is 6.04 Å². The average Bonchev–Trinajstić information content (AvgIpc) is 2.93. The molecule has 0 bridgehead atoms. The first-order valence-electron chi connectivity index (χ1n) is 8.94. The second kappa shape index (κ2) is 8.35. The van der Waals surface area contributed by atoms with E-state index in [9.17, 15) is 0 Å². The van der Waals surface area contributed by atoms with Crippen LogP contribution in [-0.4, -0.2) is 61.2 Å². The fraction of sp³-hybridized carbons (Fsp3) is 1.00. The lowest BCUT2D eigenvalue weighted by Gasteiger charge is -2.36. The van der Waals surface area contributed by atoms with Gasteiger partial charge in [-0.15, -0.1) is 0 Å². The molecule has 118 valence electrons. The highest BCUT2D eigenvalue weighted by Crippen LogP contribution is 2.21. The van der Waals surface area contributed by atoms with Gasteiger partial charge < -0.3 is 10.2 Å². The third-order valence-corrected chi connectivity index (χ3v) is 5.37. The molecule has 1 N–H and O–H groups in total. The van der Waals surface area contributed by atoms with Crippen LogP contribution in [0.1, 0.15) is 52.9 Å². The largest absolute Gasteiger partial charge is 0.312 e. The van der Waals surface area contributed by atoms with Gasteiger partial charge in [0.15, 0.2) is 0 Å². The lowest BCUT2D eigenvalue weighted by Crippen LogP contribution is -2.47. The van der Waals surface area contributed by atoms with Crippen LogP contribution in [0, 0.1) is 5.92 Å². The molecule has 3 unspecified atom stereocenters. The molecule has 2 aliphatic rings. The van der Waals surface area contributed by atoms with Crippen LogP contribution in [0.3, 0.4) is 0 Å². The van der Waals surface area contributed by atoms with Gasteiger partial charge in [-0.1, -0.05) is 13.8 Å². The number of nitrogens with zero attached hydrogens (tertiary/aromatic N) is 2. The third-order valence-electron chi connectivity index (χ3n) is 5.37. The van der Waals surface area contributed by atoms with E-state index in [0.717, 1.165) is 12.0 Å². The molecule has 0 aromatic rings. The smallest absolute Gasteiger partial charge is 0.0221 e. The zero-order chi connectivity index (χ0) is 14.4. The fourth-order valence-corrected chi connectivity index (χ4v) is 4.05. The first kappa shape index (κ1) is 16.3. The molecule has 2 aliphatic heterocycles. The van der Waals surface area contributed by atoms with E-state index in [1.807, 2.05) is 0 Å². The Morgan fingerprint density at radius 2 is 1.95 bits per heavy atom. The van der Waals surface area contributed by atoms with Crippen molar-refractivity contribution in [2.24, 2.45) is 5.92 Å². The number of likely N-dealkylation sites (tertiary alicyclic amines) is 2. The van der Waals surface area contributed by atoms with E-state index in [2.05, 4.69) is 35.9 Å². The van der Waals surface area contributed by atoms with Gasteiger partial charge >= 0.3 is 0 Å². The zero-order valence-corrected chi connectivity index (χ0v) is 13.9. The second-order valence-corrected chi connectivity index (χ2v) is 6.82. The maximum atomic E-state index is 3.85. The van der Waals surface area contributed by atoms with Gasteiger partial charge in [0.05, 0.1) is 0 Å². The zero-order valence-electron chi connectivity index (χ0n) is 13.9. The fourth-order valence-electron chi connectivity index (χ4n) is 4.05. The molecule has 3 nitrogen and oxygen atoms in total. The highest BCUT2D eigenvalue weighted by molar-refractivity contribution is 4.84. The van der Waals surface area contributed by atoms with E-state index in [4.69, 9.17) is 0 Å². The minimum atomic E-state index is 0.675. The van der Waals surface area contributed by atoms with Crippen molar-refractivity contribution in [2.45, 2.75) is 65.0 Å². The number of hydrogen-bond donors (Lipinski definition) is 1. The Balaban J connectivity index is 1.72. The summed E-state index contributed by atoms with van der Waals surface area (Å²) in [6.07, 6.45) is 6.88. The van der Waals surface area contributed by atoms with E-state index in [-0.39, 0.29) is 0 Å². The van der Waals surface area contributed by atoms with Gasteiger partial charge in [0.2, 0.25) is 0 Å². The van der Waals surface area contributed by atoms with Crippen LogP contribution in [0.25, 0.3) is 0 Å². The van der Waals surface area contributed by atoms with Crippen molar-refractivity contribution in [2.75, 3.05) is 39.3 Å². The molecule has 2 heterocycles. The Hall–Kier alpha value is -0.120. The molecule has 20 heavy (non-hydrogen) atoms. The number of nitrogens with one attached hydrogen (secondary N) is 1. The van der Waals surface area contributed by atoms with E-state index < -0.39 is 0 Å². The van der Waals surface area contributed by atoms with Crippen LogP contribution in [0.2, 0.25) is 0 Å². The van der Waals surface area contributed by atoms with Crippen molar-refractivity contribution in [1.82, 2.24) is 15.1 Å². The molecule has 0 aliphatic carbocycles. The van der Waals surface area contributed by atoms with Crippen molar-refractivity contribution in [1.29, 1.82) is 0 Å². The molecule has 0 radical (unpaired) electrons. The van der Waals surface area contributed by atoms with Crippen molar-refractivity contribution >= 4 is 0 Å². The Morgan fingerprint density at radius 3 is 2.70 bits per heavy atom. The summed E-state index contributed by atoms with van der Waals surface area (Å²) in [4.78, 5) is 5.31. The van der Waals surface area contributed by atoms with Gasteiger partial charge in [0, 0.05) is 25.2 Å². The van der Waals surface area contributed by atoms with E-state index in [1.54, 1.807) is 0 Å². The summed E-state index contributed by atoms with van der Waals surface area (Å²) in [5.41, 5.74) is 0. The molecule has 2 fully saturated rings. The summed E-state index contributed by atoms with van der Waals surface area (Å²) in [5, 5.41) is 3.85. The Morgan fingerprint density at radius 1 is 1.15 bits per heavy atom. The molecule has 0 amide bonds. The first-order valence-corrected chi connectivity index (χ1v) is 8.94. The molecular weight excluding hydrogens is 246 g/mol. The normalized spacial score (nSPS) is 30.8. The van der Waals surface area contributed by atoms with Crippen LogP contribution >= 0.6 is 0 Å². The first-order chi connectivity index (χ1) is 9.74. The Bertz CT molecular complexity index is 267. The van der Waals surface area contributed by atoms with Gasteiger partial charge in [0.25, 0.3) is 0 Å². The molecular formula is C17H35N3. The molecule has 0 aromatic heterocycles. The lowest BCUT2D eigenvalue weighted by molar-refractivity contribution is 0.146. The average molecular weight is 281 g/mol. The van der Waals surface area contributed by atoms with Crippen molar-refractivity contribution in [3.05, 3.63) is 0 Å². The molecule has 3 atom stereocenters. The Labute approximate surface area is 126 Å². The maximum Gasteiger partial charge on any atom is 0.0221 e.